The molecule has 2 aliphatic heterocycles. The maximum absolute atomic E-state index is 12.9. The highest BCUT2D eigenvalue weighted by molar-refractivity contribution is 8.00. The fourth-order valence-electron chi connectivity index (χ4n) is 4.06. The van der Waals surface area contributed by atoms with Crippen molar-refractivity contribution in [2.45, 2.75) is 11.4 Å². The van der Waals surface area contributed by atoms with Gasteiger partial charge in [0, 0.05) is 22.8 Å². The lowest BCUT2D eigenvalue weighted by atomic mass is 10.0. The molecule has 1 saturated heterocycles. The molecule has 1 aromatic carbocycles. The Balaban J connectivity index is 1.34. The van der Waals surface area contributed by atoms with E-state index in [0.29, 0.717) is 0 Å². The fraction of sp³-hybridized carbons (Fsp3) is 0.130. The normalized spacial score (nSPS) is 18.9. The second kappa shape index (κ2) is 11.0. The predicted molar refractivity (Wildman–Crippen MR) is 149 cm³/mol. The molecule has 2 amide bonds. The lowest BCUT2D eigenvalue weighted by molar-refractivity contribution is -0.150. The minimum absolute atomic E-state index is 0.0223. The van der Waals surface area contributed by atoms with Crippen molar-refractivity contribution in [1.29, 1.82) is 0 Å². The van der Waals surface area contributed by atoms with Crippen LogP contribution in [0.1, 0.15) is 11.5 Å². The number of allylic oxidation sites excluding steroid dienone is 1. The number of aliphatic carboxylic acids is 1. The largest absolute Gasteiger partial charge is 0.503 e. The molecule has 0 aliphatic carbocycles. The van der Waals surface area contributed by atoms with Gasteiger partial charge >= 0.3 is 5.97 Å². The van der Waals surface area contributed by atoms with Gasteiger partial charge in [-0.1, -0.05) is 39.6 Å². The molecule has 0 unspecified atom stereocenters. The Hall–Kier alpha value is -4.25. The molecule has 18 heteroatoms. The van der Waals surface area contributed by atoms with Crippen LogP contribution in [0, 0.1) is 0 Å². The third kappa shape index (κ3) is 5.06. The van der Waals surface area contributed by atoms with Gasteiger partial charge in [-0.15, -0.1) is 23.1 Å². The Morgan fingerprint density at radius 3 is 2.66 bits per heavy atom. The molecular weight excluding hydrogens is 623 g/mol. The van der Waals surface area contributed by atoms with Crippen LogP contribution >= 0.6 is 46.3 Å². The van der Waals surface area contributed by atoms with Gasteiger partial charge in [-0.3, -0.25) is 14.5 Å². The van der Waals surface area contributed by atoms with E-state index in [1.54, 1.807) is 0 Å². The summed E-state index contributed by atoms with van der Waals surface area (Å²) in [6, 6.07) is 1.66. The molecule has 2 atom stereocenters. The van der Waals surface area contributed by atoms with E-state index in [0.717, 1.165) is 16.2 Å². The number of thioether (sulfide) groups is 1. The van der Waals surface area contributed by atoms with E-state index in [4.69, 9.17) is 33.5 Å². The summed E-state index contributed by atoms with van der Waals surface area (Å²) in [6.45, 7) is 0. The first kappa shape index (κ1) is 28.3. The number of aromatic nitrogens is 2. The van der Waals surface area contributed by atoms with Crippen LogP contribution < -0.4 is 11.1 Å². The maximum atomic E-state index is 12.9. The van der Waals surface area contributed by atoms with Gasteiger partial charge in [0.05, 0.1) is 10.0 Å². The summed E-state index contributed by atoms with van der Waals surface area (Å²) in [5, 5.41) is 48.6. The lowest BCUT2D eigenvalue weighted by Gasteiger charge is -2.49. The molecule has 4 heterocycles. The number of amides is 2. The monoisotopic (exact) mass is 638 g/mol. The van der Waals surface area contributed by atoms with Crippen molar-refractivity contribution in [3.63, 3.8) is 0 Å². The average Bonchev–Trinajstić information content (AvgIpc) is 3.60. The lowest BCUT2D eigenvalue weighted by Crippen LogP contribution is -2.71. The zero-order valence-electron chi connectivity index (χ0n) is 20.1. The number of hydrogen-bond donors (Lipinski definition) is 6. The molecule has 0 spiro atoms. The Kier molecular flexibility index (Phi) is 7.56. The first-order chi connectivity index (χ1) is 19.5. The molecule has 0 saturated carbocycles. The van der Waals surface area contributed by atoms with Crippen molar-refractivity contribution < 1.29 is 39.4 Å². The number of rotatable bonds is 7. The number of nitrogens with two attached hydrogens (primary N) is 1. The molecule has 41 heavy (non-hydrogen) atoms. The summed E-state index contributed by atoms with van der Waals surface area (Å²) in [7, 11) is 0. The van der Waals surface area contributed by atoms with E-state index in [1.807, 2.05) is 0 Å². The first-order valence-corrected chi connectivity index (χ1v) is 13.9. The summed E-state index contributed by atoms with van der Waals surface area (Å²) in [4.78, 5) is 42.7. The zero-order chi connectivity index (χ0) is 29.6. The van der Waals surface area contributed by atoms with Crippen molar-refractivity contribution in [3.8, 4) is 22.8 Å². The standard InChI is InChI=1S/C23H16Cl2N6O8S2/c24-10-4-9(13(25)18(33)17(10)32)11-3-8(39-30-11)2-1-7-5-40-21-15(20(35)31(21)16(7)22(36)37)28-19(34)14(29-38)12-6-41-23(26)27-12/h1-4,6,15,21,32-33,38H,5H2,(H2,26,27)(H,28,34)(H,36,37)/b2-1+,29-14-/t15-,21-/m1/s1. The number of β-lactam (4-membered cyclic amide) rings is 1. The second-order valence-corrected chi connectivity index (χ2v) is 11.2. The van der Waals surface area contributed by atoms with Crippen molar-refractivity contribution >= 4 is 81.0 Å². The van der Waals surface area contributed by atoms with Gasteiger partial charge in [-0.05, 0) is 17.7 Å². The number of thiazole rings is 1. The number of carbonyl (C=O) groups excluding carboxylic acids is 2. The number of carboxylic acid groups (broad SMARTS) is 1. The van der Waals surface area contributed by atoms with Crippen LogP contribution in [0.15, 0.2) is 44.5 Å². The number of halogens is 2. The summed E-state index contributed by atoms with van der Waals surface area (Å²) in [5.41, 5.74) is 5.51. The number of oxime groups is 1. The van der Waals surface area contributed by atoms with E-state index in [-0.39, 0.29) is 54.9 Å². The molecule has 5 rings (SSSR count). The van der Waals surface area contributed by atoms with E-state index in [9.17, 15) is 34.9 Å². The predicted octanol–water partition coefficient (Wildman–Crippen LogP) is 2.73. The van der Waals surface area contributed by atoms with E-state index >= 15 is 0 Å². The molecule has 3 aromatic rings. The number of phenols is 2. The van der Waals surface area contributed by atoms with Crippen molar-refractivity contribution in [1.82, 2.24) is 20.4 Å². The average molecular weight is 639 g/mol. The first-order valence-electron chi connectivity index (χ1n) is 11.2. The van der Waals surface area contributed by atoms with Gasteiger partial charge < -0.3 is 36.1 Å². The number of carboxylic acids is 1. The summed E-state index contributed by atoms with van der Waals surface area (Å²) in [5.74, 6) is -3.77. The summed E-state index contributed by atoms with van der Waals surface area (Å²) in [6.07, 6.45) is 2.88. The quantitative estimate of drug-likeness (QED) is 0.0722. The number of carbonyl (C=O) groups is 3. The van der Waals surface area contributed by atoms with Crippen molar-refractivity contribution in [2.75, 3.05) is 11.5 Å². The van der Waals surface area contributed by atoms with Crippen molar-refractivity contribution in [3.05, 3.63) is 56.4 Å². The third-order valence-corrected chi connectivity index (χ3v) is 8.63. The van der Waals surface area contributed by atoms with Gasteiger partial charge in [0.15, 0.2) is 28.1 Å². The number of nitrogens with one attached hydrogen (secondary N) is 1. The third-order valence-electron chi connectivity index (χ3n) is 5.99. The topological polar surface area (TPSA) is 225 Å². The summed E-state index contributed by atoms with van der Waals surface area (Å²) < 4.78 is 5.25. The summed E-state index contributed by atoms with van der Waals surface area (Å²) >= 11 is 14.2. The molecular formula is C23H16Cl2N6O8S2. The Bertz CT molecular complexity index is 1700. The molecule has 1 fully saturated rings. The molecule has 7 N–H and O–H groups in total. The van der Waals surface area contributed by atoms with Gasteiger partial charge in [0.1, 0.15) is 28.5 Å². The van der Waals surface area contributed by atoms with Crippen molar-refractivity contribution in [2.24, 2.45) is 5.16 Å². The Morgan fingerprint density at radius 2 is 2.00 bits per heavy atom. The molecule has 2 aromatic heterocycles. The molecule has 0 radical (unpaired) electrons. The maximum Gasteiger partial charge on any atom is 0.352 e. The number of nitrogens with zero attached hydrogens (tertiary/aromatic N) is 4. The number of aromatic hydroxyl groups is 2. The number of anilines is 1. The van der Waals surface area contributed by atoms with Crippen LogP contribution in [0.3, 0.4) is 0 Å². The van der Waals surface area contributed by atoms with Crippen LogP contribution in [-0.2, 0) is 14.4 Å². The van der Waals surface area contributed by atoms with Crippen LogP contribution in [-0.4, -0.2) is 76.2 Å². The number of phenolic OH excluding ortho intramolecular Hbond substituents is 2. The van der Waals surface area contributed by atoms with E-state index in [1.165, 1.54) is 41.4 Å². The van der Waals surface area contributed by atoms with Gasteiger partial charge in [0.2, 0.25) is 0 Å². The van der Waals surface area contributed by atoms with Gasteiger partial charge in [-0.2, -0.15) is 0 Å². The van der Waals surface area contributed by atoms with E-state index in [2.05, 4.69) is 20.6 Å². The van der Waals surface area contributed by atoms with Gasteiger partial charge in [0.25, 0.3) is 11.8 Å². The molecule has 14 nitrogen and oxygen atoms in total. The number of hydrogen-bond acceptors (Lipinski definition) is 13. The Morgan fingerprint density at radius 1 is 1.24 bits per heavy atom. The van der Waals surface area contributed by atoms with Gasteiger partial charge in [-0.25, -0.2) is 9.78 Å². The van der Waals surface area contributed by atoms with Crippen LogP contribution in [0.25, 0.3) is 17.3 Å². The minimum atomic E-state index is -1.36. The Labute approximate surface area is 247 Å². The highest BCUT2D eigenvalue weighted by Gasteiger charge is 2.54. The second-order valence-electron chi connectivity index (χ2n) is 8.42. The number of nitrogen functional groups attached to an aromatic ring is 1. The SMILES string of the molecule is Nc1nc(/C(=N/O)C(=O)N[C@@H]2C(=O)N3C(C(=O)O)=C(/C=C/c4cc(-c5cc(Cl)c(O)c(O)c5Cl)no4)CS[C@H]23)cs1. The minimum Gasteiger partial charge on any atom is -0.503 e. The van der Waals surface area contributed by atoms with Crippen LogP contribution in [0.5, 0.6) is 11.5 Å². The smallest absolute Gasteiger partial charge is 0.352 e. The number of benzene rings is 1. The zero-order valence-corrected chi connectivity index (χ0v) is 23.3. The highest BCUT2D eigenvalue weighted by atomic mass is 35.5. The fourth-order valence-corrected chi connectivity index (χ4v) is 6.36. The van der Waals surface area contributed by atoms with Crippen LogP contribution in [0.2, 0.25) is 10.0 Å². The molecule has 0 bridgehead atoms. The van der Waals surface area contributed by atoms with E-state index < -0.39 is 46.4 Å². The van der Waals surface area contributed by atoms with Crippen LogP contribution in [0.4, 0.5) is 5.13 Å². The molecule has 2 aliphatic rings. The highest BCUT2D eigenvalue weighted by Crippen LogP contribution is 2.45. The molecule has 212 valence electrons. The number of fused-ring (bicyclic) bond motifs is 1.